The van der Waals surface area contributed by atoms with E-state index in [1.54, 1.807) is 0 Å². The molecule has 0 amide bonds. The first-order valence-electron chi connectivity index (χ1n) is 0.338. The van der Waals surface area contributed by atoms with Gasteiger partial charge < -0.3 is 4.35 Å². The van der Waals surface area contributed by atoms with Crippen molar-refractivity contribution in [2.75, 3.05) is 0 Å². The molecule has 0 aromatic carbocycles. The van der Waals surface area contributed by atoms with Gasteiger partial charge in [0.15, 0.2) is 0 Å². The maximum absolute atomic E-state index is 4.39. The standard InChI is InChI=1S/Cl2N.2Pt/c1-3-2;;/q-1;;. The van der Waals surface area contributed by atoms with Crippen LogP contribution in [-0.4, -0.2) is 0 Å². The molecular formula is Cl2NPt2-. The minimum Gasteiger partial charge on any atom is -0.489 e. The third kappa shape index (κ3) is 24.7. The van der Waals surface area contributed by atoms with Crippen LogP contribution in [0.1, 0.15) is 0 Å². The second-order valence-electron chi connectivity index (χ2n) is 0.0639. The summed E-state index contributed by atoms with van der Waals surface area (Å²) in [6.45, 7) is 0. The third-order valence-electron chi connectivity index (χ3n) is 0. The molecule has 0 saturated carbocycles. The Morgan fingerprint density at radius 3 is 1.00 bits per heavy atom. The third-order valence-corrected chi connectivity index (χ3v) is 0. The molecule has 0 spiro atoms. The predicted molar refractivity (Wildman–Crippen MR) is 15.1 cm³/mol. The molecule has 0 saturated heterocycles. The molecular weight excluding hydrogens is 475 g/mol. The fraction of sp³-hybridized carbons (Fsp3) is 0. The summed E-state index contributed by atoms with van der Waals surface area (Å²) >= 11 is 8.78. The minimum atomic E-state index is 0. The number of rotatable bonds is 0. The van der Waals surface area contributed by atoms with Gasteiger partial charge in [-0.1, -0.05) is 0 Å². The second kappa shape index (κ2) is 16.8. The van der Waals surface area contributed by atoms with Gasteiger partial charge in [0.05, 0.1) is 0 Å². The van der Waals surface area contributed by atoms with Crippen molar-refractivity contribution in [3.8, 4) is 0 Å². The minimum absolute atomic E-state index is 0. The van der Waals surface area contributed by atoms with Gasteiger partial charge in [-0.05, 0) is 0 Å². The van der Waals surface area contributed by atoms with Crippen LogP contribution in [0.5, 0.6) is 0 Å². The molecule has 5 heavy (non-hydrogen) atoms. The Kier molecular flexibility index (Phi) is 53.1. The van der Waals surface area contributed by atoms with Crippen LogP contribution in [0.4, 0.5) is 0 Å². The van der Waals surface area contributed by atoms with Gasteiger partial charge in [0.2, 0.25) is 0 Å². The van der Waals surface area contributed by atoms with E-state index in [1.807, 2.05) is 0 Å². The summed E-state index contributed by atoms with van der Waals surface area (Å²) in [5.74, 6) is 0. The van der Waals surface area contributed by atoms with E-state index >= 15 is 0 Å². The number of hydrogen-bond acceptors (Lipinski definition) is 0. The van der Waals surface area contributed by atoms with E-state index in [1.165, 1.54) is 0 Å². The smallest absolute Gasteiger partial charge is 0 e. The van der Waals surface area contributed by atoms with Crippen LogP contribution in [0.3, 0.4) is 0 Å². The maximum Gasteiger partial charge on any atom is 0 e. The maximum atomic E-state index is 4.39. The quantitative estimate of drug-likeness (QED) is 0.507. The van der Waals surface area contributed by atoms with Crippen LogP contribution < -0.4 is 0 Å². The van der Waals surface area contributed by atoms with Crippen LogP contribution in [-0.2, 0) is 42.1 Å². The van der Waals surface area contributed by atoms with Crippen molar-refractivity contribution >= 4 is 23.6 Å². The average molecular weight is 475 g/mol. The summed E-state index contributed by atoms with van der Waals surface area (Å²) in [6.07, 6.45) is 0. The Morgan fingerprint density at radius 2 is 1.00 bits per heavy atom. The Bertz CT molecular complexity index is 7.61. The number of halogens is 2. The van der Waals surface area contributed by atoms with Crippen molar-refractivity contribution in [1.29, 1.82) is 0 Å². The van der Waals surface area contributed by atoms with Crippen LogP contribution >= 0.6 is 23.6 Å². The van der Waals surface area contributed by atoms with E-state index in [0.29, 0.717) is 0 Å². The average Bonchev–Trinajstić information content (AvgIpc) is 0.918. The molecule has 1 nitrogen and oxygen atoms in total. The van der Waals surface area contributed by atoms with Gasteiger partial charge >= 0.3 is 0 Å². The van der Waals surface area contributed by atoms with Crippen molar-refractivity contribution < 1.29 is 42.1 Å². The SMILES string of the molecule is Cl[N-]Cl.[Pt].[Pt]. The molecule has 5 heteroatoms. The van der Waals surface area contributed by atoms with Crippen molar-refractivity contribution in [2.45, 2.75) is 0 Å². The van der Waals surface area contributed by atoms with Gasteiger partial charge in [0, 0.05) is 42.1 Å². The van der Waals surface area contributed by atoms with Crippen molar-refractivity contribution in [2.24, 2.45) is 0 Å². The summed E-state index contributed by atoms with van der Waals surface area (Å²) in [7, 11) is 0. The molecule has 0 radical (unpaired) electrons. The largest absolute Gasteiger partial charge is 0.489 e. The van der Waals surface area contributed by atoms with Crippen molar-refractivity contribution in [1.82, 2.24) is 0 Å². The molecule has 0 aromatic heterocycles. The van der Waals surface area contributed by atoms with Gasteiger partial charge in [-0.2, -0.15) is 0 Å². The van der Waals surface area contributed by atoms with Crippen LogP contribution in [0.15, 0.2) is 0 Å². The van der Waals surface area contributed by atoms with E-state index < -0.39 is 0 Å². The summed E-state index contributed by atoms with van der Waals surface area (Å²) in [5, 5.41) is 0. The predicted octanol–water partition coefficient (Wildman–Crippen LogP) is 1.66. The summed E-state index contributed by atoms with van der Waals surface area (Å²) in [4.78, 5) is 0. The molecule has 0 aliphatic heterocycles. The van der Waals surface area contributed by atoms with Crippen LogP contribution in [0, 0.1) is 0 Å². The zero-order chi connectivity index (χ0) is 2.71. The summed E-state index contributed by atoms with van der Waals surface area (Å²) < 4.78 is 2.44. The zero-order valence-corrected chi connectivity index (χ0v) is 7.89. The summed E-state index contributed by atoms with van der Waals surface area (Å²) in [6, 6.07) is 0. The first kappa shape index (κ1) is 15.8. The molecule has 0 N–H and O–H groups in total. The van der Waals surface area contributed by atoms with Crippen molar-refractivity contribution in [3.05, 3.63) is 4.35 Å². The molecule has 0 unspecified atom stereocenters. The molecule has 40 valence electrons. The van der Waals surface area contributed by atoms with Gasteiger partial charge in [0.1, 0.15) is 0 Å². The fourth-order valence-electron chi connectivity index (χ4n) is 0. The van der Waals surface area contributed by atoms with Crippen molar-refractivity contribution in [3.63, 3.8) is 0 Å². The van der Waals surface area contributed by atoms with Gasteiger partial charge in [-0.3, -0.25) is 23.6 Å². The Hall–Kier alpha value is 1.92. The van der Waals surface area contributed by atoms with Gasteiger partial charge in [-0.15, -0.1) is 0 Å². The Balaban J connectivity index is -0.0000000200. The topological polar surface area (TPSA) is 14.1 Å². The second-order valence-corrected chi connectivity index (χ2v) is 0.575. The number of hydrogen-bond donors (Lipinski definition) is 0. The molecule has 0 aliphatic rings. The molecule has 0 fully saturated rings. The fourth-order valence-corrected chi connectivity index (χ4v) is 0. The molecule has 0 atom stereocenters. The van der Waals surface area contributed by atoms with E-state index in [0.717, 1.165) is 0 Å². The normalized spacial score (nSPS) is 3.60. The van der Waals surface area contributed by atoms with Crippen LogP contribution in [0.25, 0.3) is 4.35 Å². The molecule has 0 bridgehead atoms. The molecule has 0 heterocycles. The van der Waals surface area contributed by atoms with Crippen LogP contribution in [0.2, 0.25) is 0 Å². The zero-order valence-electron chi connectivity index (χ0n) is 1.84. The molecule has 0 rings (SSSR count). The Labute approximate surface area is 69.5 Å². The van der Waals surface area contributed by atoms with E-state index in [4.69, 9.17) is 0 Å². The summed E-state index contributed by atoms with van der Waals surface area (Å²) in [5.41, 5.74) is 0. The molecule has 0 aromatic rings. The number of nitrogens with zero attached hydrogens (tertiary/aromatic N) is 1. The first-order valence-corrected chi connectivity index (χ1v) is 1.01. The van der Waals surface area contributed by atoms with Gasteiger partial charge in [0.25, 0.3) is 0 Å². The molecule has 0 aliphatic carbocycles. The Morgan fingerprint density at radius 1 is 1.00 bits per heavy atom. The van der Waals surface area contributed by atoms with E-state index in [-0.39, 0.29) is 42.1 Å². The first-order chi connectivity index (χ1) is 1.41. The monoisotopic (exact) mass is 474 g/mol. The van der Waals surface area contributed by atoms with Gasteiger partial charge in [-0.25, -0.2) is 0 Å². The van der Waals surface area contributed by atoms with E-state index in [2.05, 4.69) is 27.9 Å². The van der Waals surface area contributed by atoms with E-state index in [9.17, 15) is 0 Å².